The van der Waals surface area contributed by atoms with Crippen LogP contribution in [0.2, 0.25) is 5.15 Å². The Balaban J connectivity index is 0.000000205. The highest BCUT2D eigenvalue weighted by molar-refractivity contribution is 9.10. The van der Waals surface area contributed by atoms with E-state index in [1.807, 2.05) is 30.4 Å². The van der Waals surface area contributed by atoms with E-state index in [2.05, 4.69) is 126 Å². The molecule has 0 saturated carbocycles. The molecule has 51 heavy (non-hydrogen) atoms. The van der Waals surface area contributed by atoms with Crippen LogP contribution in [0.5, 0.6) is 0 Å². The van der Waals surface area contributed by atoms with Crippen molar-refractivity contribution >= 4 is 60.6 Å². The van der Waals surface area contributed by atoms with Crippen LogP contribution in [0.1, 0.15) is 84.6 Å². The summed E-state index contributed by atoms with van der Waals surface area (Å²) in [5, 5.41) is 23.5. The van der Waals surface area contributed by atoms with Gasteiger partial charge in [-0.2, -0.15) is 10.5 Å². The maximum absolute atomic E-state index is 9.88. The number of rotatable bonds is 8. The van der Waals surface area contributed by atoms with Crippen molar-refractivity contribution in [2.75, 3.05) is 5.32 Å². The Bertz CT molecular complexity index is 2310. The van der Waals surface area contributed by atoms with Crippen LogP contribution < -0.4 is 5.32 Å². The summed E-state index contributed by atoms with van der Waals surface area (Å²) in [6.07, 6.45) is 4.48. The molecule has 0 spiro atoms. The van der Waals surface area contributed by atoms with Gasteiger partial charge in [-0.3, -0.25) is 8.80 Å². The Hall–Kier alpha value is -4.15. The molecule has 0 fully saturated rings. The minimum atomic E-state index is 0.392. The highest BCUT2D eigenvalue weighted by Crippen LogP contribution is 2.37. The second-order valence-corrected chi connectivity index (χ2v) is 15.4. The summed E-state index contributed by atoms with van der Waals surface area (Å²) in [4.78, 5) is 9.45. The molecule has 0 bridgehead atoms. The van der Waals surface area contributed by atoms with Crippen molar-refractivity contribution in [3.8, 4) is 34.4 Å². The van der Waals surface area contributed by atoms with Gasteiger partial charge in [0.2, 0.25) is 0 Å². The number of aromatic nitrogens is 4. The number of hydrogen-bond acceptors (Lipinski definition) is 5. The van der Waals surface area contributed by atoms with Crippen LogP contribution in [-0.2, 0) is 0 Å². The fourth-order valence-electron chi connectivity index (χ4n) is 7.08. The normalized spacial score (nSPS) is 11.1. The number of nitriles is 2. The second-order valence-electron chi connectivity index (χ2n) is 13.2. The Morgan fingerprint density at radius 1 is 0.667 bits per heavy atom. The molecule has 0 unspecified atom stereocenters. The molecular weight excluding hydrogens is 786 g/mol. The summed E-state index contributed by atoms with van der Waals surface area (Å²) in [7, 11) is 0. The SMILES string of the molecule is CCCC(CCC)Nc1cc(C)nc2c(-c3c(C)cc(Br)cc3C)cc(C#N)n12.Cc1cc(Cl)n2c(C#N)cc(-c3c(C)cc(Br)cc3C)c2n1. The number of anilines is 1. The Labute approximate surface area is 322 Å². The molecule has 262 valence electrons. The lowest BCUT2D eigenvalue weighted by Crippen LogP contribution is -2.21. The van der Waals surface area contributed by atoms with E-state index < -0.39 is 0 Å². The number of hydrogen-bond donors (Lipinski definition) is 1. The van der Waals surface area contributed by atoms with Gasteiger partial charge in [0.1, 0.15) is 45.8 Å². The molecule has 0 radical (unpaired) electrons. The molecule has 0 aliphatic carbocycles. The van der Waals surface area contributed by atoms with Gasteiger partial charge in [-0.1, -0.05) is 70.1 Å². The molecule has 0 aliphatic heterocycles. The largest absolute Gasteiger partial charge is 0.368 e. The van der Waals surface area contributed by atoms with Gasteiger partial charge in [-0.15, -0.1) is 0 Å². The summed E-state index contributed by atoms with van der Waals surface area (Å²) >= 11 is 13.4. The van der Waals surface area contributed by atoms with Gasteiger partial charge in [-0.05, 0) is 130 Å². The zero-order valence-corrected chi connectivity index (χ0v) is 34.3. The van der Waals surface area contributed by atoms with Crippen molar-refractivity contribution in [3.63, 3.8) is 0 Å². The molecule has 0 amide bonds. The van der Waals surface area contributed by atoms with Gasteiger partial charge >= 0.3 is 0 Å². The Kier molecular flexibility index (Phi) is 12.0. The lowest BCUT2D eigenvalue weighted by molar-refractivity contribution is 0.583. The molecule has 7 nitrogen and oxygen atoms in total. The quantitative estimate of drug-likeness (QED) is 0.154. The number of nitrogens with one attached hydrogen (secondary N) is 1. The van der Waals surface area contributed by atoms with Gasteiger partial charge in [0, 0.05) is 43.6 Å². The standard InChI is InChI=1S/C24H29BrN4.C17H13BrClN3/c1-6-8-19(9-7-2)28-22-12-17(5)27-24-21(13-20(14-26)29(22)24)23-15(3)10-18(25)11-16(23)4;1-9-4-12(18)5-10(2)16(9)14-7-13(8-20)22-15(19)6-11(3)21-17(14)22/h10-13,19,28H,6-9H2,1-5H3;4-7H,1-3H3. The molecule has 0 saturated heterocycles. The third kappa shape index (κ3) is 7.87. The summed E-state index contributed by atoms with van der Waals surface area (Å²) < 4.78 is 5.79. The minimum Gasteiger partial charge on any atom is -0.368 e. The third-order valence-electron chi connectivity index (χ3n) is 9.03. The first kappa shape index (κ1) is 38.1. The second kappa shape index (κ2) is 16.0. The molecule has 4 heterocycles. The highest BCUT2D eigenvalue weighted by atomic mass is 79.9. The van der Waals surface area contributed by atoms with Gasteiger partial charge in [0.25, 0.3) is 0 Å². The van der Waals surface area contributed by atoms with Crippen molar-refractivity contribution < 1.29 is 0 Å². The molecule has 2 aromatic carbocycles. The van der Waals surface area contributed by atoms with Crippen molar-refractivity contribution in [3.05, 3.63) is 108 Å². The first-order chi connectivity index (χ1) is 24.3. The van der Waals surface area contributed by atoms with Crippen LogP contribution in [0.15, 0.2) is 57.5 Å². The number of halogens is 3. The van der Waals surface area contributed by atoms with E-state index in [-0.39, 0.29) is 0 Å². The zero-order chi connectivity index (χ0) is 37.1. The molecule has 4 aromatic heterocycles. The van der Waals surface area contributed by atoms with Crippen LogP contribution in [-0.4, -0.2) is 24.8 Å². The maximum Gasteiger partial charge on any atom is 0.147 e. The van der Waals surface area contributed by atoms with E-state index >= 15 is 0 Å². The topological polar surface area (TPSA) is 94.2 Å². The molecule has 10 heteroatoms. The average Bonchev–Trinajstić information content (AvgIpc) is 3.59. The average molecular weight is 828 g/mol. The smallest absolute Gasteiger partial charge is 0.147 e. The summed E-state index contributed by atoms with van der Waals surface area (Å²) in [6, 6.07) is 21.0. The van der Waals surface area contributed by atoms with Crippen LogP contribution in [0.4, 0.5) is 5.82 Å². The molecular formula is C41H42Br2ClN7. The fourth-order valence-corrected chi connectivity index (χ4v) is 8.79. The summed E-state index contributed by atoms with van der Waals surface area (Å²) in [5.41, 5.74) is 13.2. The monoisotopic (exact) mass is 825 g/mol. The number of nitrogens with zero attached hydrogens (tertiary/aromatic N) is 6. The third-order valence-corrected chi connectivity index (χ3v) is 10.2. The number of benzene rings is 2. The Morgan fingerprint density at radius 2 is 1.08 bits per heavy atom. The lowest BCUT2D eigenvalue weighted by Gasteiger charge is -2.20. The molecule has 6 rings (SSSR count). The molecule has 0 aliphatic rings. The molecule has 6 aromatic rings. The van der Waals surface area contributed by atoms with Crippen LogP contribution in [0.3, 0.4) is 0 Å². The summed E-state index contributed by atoms with van der Waals surface area (Å²) in [6.45, 7) is 16.7. The Morgan fingerprint density at radius 3 is 1.51 bits per heavy atom. The summed E-state index contributed by atoms with van der Waals surface area (Å²) in [5.74, 6) is 0.953. The van der Waals surface area contributed by atoms with E-state index in [4.69, 9.17) is 16.6 Å². The van der Waals surface area contributed by atoms with E-state index in [1.54, 1.807) is 10.5 Å². The van der Waals surface area contributed by atoms with Crippen LogP contribution in [0.25, 0.3) is 33.5 Å². The predicted octanol–water partition coefficient (Wildman–Crippen LogP) is 12.2. The lowest BCUT2D eigenvalue weighted by atomic mass is 9.97. The number of fused-ring (bicyclic) bond motifs is 2. The minimum absolute atomic E-state index is 0.392. The maximum atomic E-state index is 9.88. The van der Waals surface area contributed by atoms with Crippen molar-refractivity contribution in [1.82, 2.24) is 18.8 Å². The van der Waals surface area contributed by atoms with E-state index in [9.17, 15) is 10.5 Å². The molecule has 0 atom stereocenters. The van der Waals surface area contributed by atoms with Gasteiger partial charge in [0.05, 0.1) is 0 Å². The van der Waals surface area contributed by atoms with Crippen molar-refractivity contribution in [1.29, 1.82) is 10.5 Å². The van der Waals surface area contributed by atoms with Crippen LogP contribution >= 0.6 is 43.5 Å². The highest BCUT2D eigenvalue weighted by Gasteiger charge is 2.21. The van der Waals surface area contributed by atoms with E-state index in [1.165, 1.54) is 11.1 Å². The van der Waals surface area contributed by atoms with Crippen LogP contribution in [0, 0.1) is 64.2 Å². The first-order valence-electron chi connectivity index (χ1n) is 17.1. The van der Waals surface area contributed by atoms with Gasteiger partial charge in [-0.25, -0.2) is 9.97 Å². The number of aryl methyl sites for hydroxylation is 6. The van der Waals surface area contributed by atoms with Gasteiger partial charge in [0.15, 0.2) is 0 Å². The molecule has 1 N–H and O–H groups in total. The van der Waals surface area contributed by atoms with Crippen molar-refractivity contribution in [2.24, 2.45) is 0 Å². The van der Waals surface area contributed by atoms with Crippen molar-refractivity contribution in [2.45, 2.75) is 87.1 Å². The zero-order valence-electron chi connectivity index (χ0n) is 30.3. The van der Waals surface area contributed by atoms with E-state index in [0.717, 1.165) is 96.5 Å². The fraction of sp³-hybridized carbons (Fsp3) is 0.317. The van der Waals surface area contributed by atoms with Gasteiger partial charge < -0.3 is 5.32 Å². The van der Waals surface area contributed by atoms with E-state index in [0.29, 0.717) is 22.6 Å². The first-order valence-corrected chi connectivity index (χ1v) is 19.1. The predicted molar refractivity (Wildman–Crippen MR) is 217 cm³/mol.